The number of hydrogen-bond donors (Lipinski definition) is 6. The van der Waals surface area contributed by atoms with Gasteiger partial charge in [-0.2, -0.15) is 0 Å². The van der Waals surface area contributed by atoms with E-state index in [1.54, 1.807) is 0 Å². The number of hydrogen-bond acceptors (Lipinski definition) is 6. The fraction of sp³-hybridized carbons (Fsp3) is 0.222. The Morgan fingerprint density at radius 3 is 1.07 bits per heavy atom. The maximum Gasteiger partial charge on any atom is 0.311 e. The van der Waals surface area contributed by atoms with Crippen molar-refractivity contribution >= 4 is 113 Å². The summed E-state index contributed by atoms with van der Waals surface area (Å²) in [6, 6.07) is 8.64. The standard InChI is InChI=1S/C27H20Br6O9/c28-14-1-11(21(36)17(31)4-14)7-26(24(39)40,8-12-2-15(29)5-18(32)22(12)37)27(25(41)42,10-20(34)35)9-13-3-16(30)6-19(33)23(13)38/h1-6,36-38H,7-10H2,(H,34,35)(H,39,40)(H,41,42). The van der Waals surface area contributed by atoms with E-state index in [4.69, 9.17) is 0 Å². The van der Waals surface area contributed by atoms with Crippen LogP contribution in [0.4, 0.5) is 0 Å². The second-order valence-corrected chi connectivity index (χ2v) is 14.9. The Balaban J connectivity index is 2.51. The van der Waals surface area contributed by atoms with E-state index in [9.17, 15) is 45.0 Å². The smallest absolute Gasteiger partial charge is 0.311 e. The molecule has 0 aliphatic heterocycles. The van der Waals surface area contributed by atoms with Gasteiger partial charge in [-0.15, -0.1) is 0 Å². The molecule has 0 aliphatic carbocycles. The fourth-order valence-corrected chi connectivity index (χ4v) is 8.95. The molecule has 0 heterocycles. The average molecular weight is 968 g/mol. The minimum absolute atomic E-state index is 0.0112. The first kappa shape index (κ1) is 34.8. The SMILES string of the molecule is O=C(O)CC(Cc1cc(Br)cc(Br)c1O)(C(=O)O)C(Cc1cc(Br)cc(Br)c1O)(Cc1cc(Br)cc(Br)c1O)C(=O)O. The number of aliphatic carboxylic acids is 3. The van der Waals surface area contributed by atoms with Gasteiger partial charge in [-0.3, -0.25) is 14.4 Å². The molecule has 0 fully saturated rings. The molecule has 0 saturated carbocycles. The van der Waals surface area contributed by atoms with Gasteiger partial charge in [0.2, 0.25) is 0 Å². The molecule has 0 spiro atoms. The predicted octanol–water partition coefficient (Wildman–Crippen LogP) is 8.02. The van der Waals surface area contributed by atoms with E-state index in [0.29, 0.717) is 13.4 Å². The molecular weight excluding hydrogens is 948 g/mol. The Bertz CT molecular complexity index is 1530. The van der Waals surface area contributed by atoms with E-state index >= 15 is 0 Å². The second kappa shape index (κ2) is 13.6. The molecule has 9 nitrogen and oxygen atoms in total. The van der Waals surface area contributed by atoms with E-state index in [2.05, 4.69) is 95.6 Å². The molecule has 3 rings (SSSR count). The van der Waals surface area contributed by atoms with Crippen LogP contribution in [-0.4, -0.2) is 48.5 Å². The minimum Gasteiger partial charge on any atom is -0.506 e. The highest BCUT2D eigenvalue weighted by Crippen LogP contribution is 2.54. The quantitative estimate of drug-likeness (QED) is 0.111. The van der Waals surface area contributed by atoms with Crippen LogP contribution in [0.5, 0.6) is 17.2 Å². The second-order valence-electron chi connectivity index (χ2n) is 9.56. The number of carboxylic acid groups (broad SMARTS) is 3. The van der Waals surface area contributed by atoms with Gasteiger partial charge in [0.1, 0.15) is 17.2 Å². The Kier molecular flexibility index (Phi) is 11.2. The van der Waals surface area contributed by atoms with Crippen molar-refractivity contribution in [3.05, 3.63) is 79.9 Å². The number of phenols is 3. The lowest BCUT2D eigenvalue weighted by Gasteiger charge is -2.45. The van der Waals surface area contributed by atoms with Crippen molar-refractivity contribution in [1.82, 2.24) is 0 Å². The topological polar surface area (TPSA) is 173 Å². The normalized spacial score (nSPS) is 13.0. The van der Waals surface area contributed by atoms with E-state index < -0.39 is 60.2 Å². The lowest BCUT2D eigenvalue weighted by molar-refractivity contribution is -0.179. The molecule has 6 N–H and O–H groups in total. The summed E-state index contributed by atoms with van der Waals surface area (Å²) >= 11 is 19.5. The van der Waals surface area contributed by atoms with Crippen molar-refractivity contribution in [3.63, 3.8) is 0 Å². The summed E-state index contributed by atoms with van der Waals surface area (Å²) in [5.41, 5.74) is -5.28. The Hall–Kier alpha value is -1.65. The zero-order valence-electron chi connectivity index (χ0n) is 21.0. The number of rotatable bonds is 11. The monoisotopic (exact) mass is 962 g/mol. The van der Waals surface area contributed by atoms with Crippen LogP contribution in [0.15, 0.2) is 63.2 Å². The van der Waals surface area contributed by atoms with E-state index in [1.807, 2.05) is 0 Å². The maximum absolute atomic E-state index is 13.6. The van der Waals surface area contributed by atoms with Gasteiger partial charge < -0.3 is 30.6 Å². The van der Waals surface area contributed by atoms with Crippen LogP contribution in [0.25, 0.3) is 0 Å². The third kappa shape index (κ3) is 7.01. The Labute approximate surface area is 289 Å². The summed E-state index contributed by atoms with van der Waals surface area (Å²) in [5.74, 6) is -6.27. The third-order valence-corrected chi connectivity index (χ3v) is 10.2. The van der Waals surface area contributed by atoms with Crippen LogP contribution >= 0.6 is 95.6 Å². The maximum atomic E-state index is 13.6. The van der Waals surface area contributed by atoms with Crippen LogP contribution in [0.3, 0.4) is 0 Å². The predicted molar refractivity (Wildman–Crippen MR) is 174 cm³/mol. The van der Waals surface area contributed by atoms with Crippen LogP contribution < -0.4 is 0 Å². The molecule has 15 heteroatoms. The molecule has 1 unspecified atom stereocenters. The summed E-state index contributed by atoms with van der Waals surface area (Å²) in [4.78, 5) is 39.4. The molecule has 0 aliphatic rings. The van der Waals surface area contributed by atoms with Crippen molar-refractivity contribution < 1.29 is 45.0 Å². The van der Waals surface area contributed by atoms with Crippen LogP contribution in [0, 0.1) is 10.8 Å². The first-order valence-corrected chi connectivity index (χ1v) is 16.4. The molecule has 0 radical (unpaired) electrons. The Morgan fingerprint density at radius 2 is 0.810 bits per heavy atom. The number of benzene rings is 3. The molecule has 3 aromatic carbocycles. The van der Waals surface area contributed by atoms with Crippen molar-refractivity contribution in [2.75, 3.05) is 0 Å². The molecule has 42 heavy (non-hydrogen) atoms. The fourth-order valence-electron chi connectivity index (χ4n) is 5.01. The summed E-state index contributed by atoms with van der Waals surface area (Å²) in [7, 11) is 0. The Morgan fingerprint density at radius 1 is 0.524 bits per heavy atom. The van der Waals surface area contributed by atoms with E-state index in [0.717, 1.165) is 0 Å². The van der Waals surface area contributed by atoms with E-state index in [1.165, 1.54) is 36.4 Å². The van der Waals surface area contributed by atoms with Gasteiger partial charge in [-0.05, 0) is 120 Å². The van der Waals surface area contributed by atoms with Crippen molar-refractivity contribution in [3.8, 4) is 17.2 Å². The molecule has 0 amide bonds. The van der Waals surface area contributed by atoms with Crippen molar-refractivity contribution in [1.29, 1.82) is 0 Å². The van der Waals surface area contributed by atoms with Gasteiger partial charge in [0.05, 0.1) is 30.7 Å². The number of carboxylic acids is 3. The zero-order chi connectivity index (χ0) is 31.7. The van der Waals surface area contributed by atoms with Gasteiger partial charge in [0.15, 0.2) is 0 Å². The molecule has 1 atom stereocenters. The number of aromatic hydroxyl groups is 3. The minimum atomic E-state index is -2.66. The lowest BCUT2D eigenvalue weighted by atomic mass is 9.54. The highest BCUT2D eigenvalue weighted by molar-refractivity contribution is 9.11. The lowest BCUT2D eigenvalue weighted by Crippen LogP contribution is -2.57. The van der Waals surface area contributed by atoms with Crippen molar-refractivity contribution in [2.45, 2.75) is 25.7 Å². The van der Waals surface area contributed by atoms with Gasteiger partial charge in [-0.1, -0.05) is 47.8 Å². The molecule has 0 bridgehead atoms. The summed E-state index contributed by atoms with van der Waals surface area (Å²) in [6.45, 7) is 0. The van der Waals surface area contributed by atoms with Gasteiger partial charge >= 0.3 is 17.9 Å². The number of carbonyl (C=O) groups is 3. The highest BCUT2D eigenvalue weighted by atomic mass is 79.9. The summed E-state index contributed by atoms with van der Waals surface area (Å²) in [5, 5.41) is 64.6. The summed E-state index contributed by atoms with van der Waals surface area (Å²) in [6.07, 6.45) is -3.32. The molecular formula is C27H20Br6O9. The van der Waals surface area contributed by atoms with E-state index in [-0.39, 0.29) is 41.6 Å². The van der Waals surface area contributed by atoms with Gasteiger partial charge in [-0.25, -0.2) is 0 Å². The molecule has 224 valence electrons. The molecule has 3 aromatic rings. The average Bonchev–Trinajstić information content (AvgIpc) is 2.86. The highest BCUT2D eigenvalue weighted by Gasteiger charge is 2.63. The van der Waals surface area contributed by atoms with Crippen LogP contribution in [-0.2, 0) is 33.6 Å². The van der Waals surface area contributed by atoms with Crippen molar-refractivity contribution in [2.24, 2.45) is 10.8 Å². The number of phenolic OH excluding ortho intramolecular Hbond substituents is 3. The zero-order valence-corrected chi connectivity index (χ0v) is 30.5. The first-order chi connectivity index (χ1) is 19.4. The summed E-state index contributed by atoms with van der Waals surface area (Å²) < 4.78 is 1.74. The molecule has 0 saturated heterocycles. The van der Waals surface area contributed by atoms with Gasteiger partial charge in [0, 0.05) is 13.4 Å². The van der Waals surface area contributed by atoms with Crippen LogP contribution in [0.1, 0.15) is 23.1 Å². The largest absolute Gasteiger partial charge is 0.506 e. The molecule has 0 aromatic heterocycles. The van der Waals surface area contributed by atoms with Gasteiger partial charge in [0.25, 0.3) is 0 Å². The number of halogens is 6. The first-order valence-electron chi connectivity index (χ1n) is 11.6. The third-order valence-electron chi connectivity index (χ3n) is 6.99. The van der Waals surface area contributed by atoms with Crippen LogP contribution in [0.2, 0.25) is 0 Å².